The van der Waals surface area contributed by atoms with Crippen LogP contribution in [0.25, 0.3) is 0 Å². The number of non-ortho nitro benzene ring substituents is 1. The van der Waals surface area contributed by atoms with E-state index in [-0.39, 0.29) is 0 Å². The lowest BCUT2D eigenvalue weighted by Gasteiger charge is -1.99. The molecule has 0 fully saturated rings. The van der Waals surface area contributed by atoms with E-state index in [1.165, 1.54) is 0 Å². The number of carboxylic acid groups (broad SMARTS) is 1. The summed E-state index contributed by atoms with van der Waals surface area (Å²) in [5.41, 5.74) is 4.85. The second-order valence-electron chi connectivity index (χ2n) is 4.16. The number of para-hydroxylation sites is 1. The number of carbonyl (C=O) groups is 1. The smallest absolute Gasteiger partial charge is 0.335 e. The fourth-order valence-electron chi connectivity index (χ4n) is 1.41. The van der Waals surface area contributed by atoms with Gasteiger partial charge in [0, 0.05) is 17.8 Å². The molecule has 0 aliphatic carbocycles. The number of rotatable bonds is 3. The summed E-state index contributed by atoms with van der Waals surface area (Å²) in [7, 11) is -4.68. The van der Waals surface area contributed by atoms with Crippen LogP contribution in [-0.4, -0.2) is 29.0 Å². The monoisotopic (exact) mass is 340 g/mol. The molecule has 0 aromatic heterocycles. The molecule has 0 heterocycles. The first kappa shape index (κ1) is 18.1. The van der Waals surface area contributed by atoms with E-state index >= 15 is 0 Å². The van der Waals surface area contributed by atoms with Gasteiger partial charge in [0.25, 0.3) is 15.8 Å². The molecule has 4 N–H and O–H groups in total. The van der Waals surface area contributed by atoms with Crippen LogP contribution in [0.2, 0.25) is 0 Å². The zero-order valence-corrected chi connectivity index (χ0v) is 12.3. The minimum absolute atomic E-state index is 0.571. The second kappa shape index (κ2) is 7.33. The first-order valence-corrected chi connectivity index (χ1v) is 7.36. The molecule has 2 aromatic carbocycles. The van der Waals surface area contributed by atoms with Crippen LogP contribution >= 0.6 is 0 Å². The van der Waals surface area contributed by atoms with E-state index in [4.69, 9.17) is 15.4 Å². The highest BCUT2D eigenvalue weighted by molar-refractivity contribution is 7.85. The number of benzene rings is 2. The highest BCUT2D eigenvalue weighted by Gasteiger charge is 2.19. The zero-order valence-electron chi connectivity index (χ0n) is 11.5. The third kappa shape index (κ3) is 5.73. The Morgan fingerprint density at radius 1 is 1.13 bits per heavy atom. The maximum atomic E-state index is 10.7. The number of nitrogens with two attached hydrogens (primary N) is 1. The summed E-state index contributed by atoms with van der Waals surface area (Å²) in [6.07, 6.45) is 0. The molecule has 0 aliphatic heterocycles. The molecule has 2 aromatic rings. The summed E-state index contributed by atoms with van der Waals surface area (Å²) in [6.45, 7) is 0. The first-order valence-electron chi connectivity index (χ1n) is 5.92. The summed E-state index contributed by atoms with van der Waals surface area (Å²) in [5.74, 6) is -1.53. The Morgan fingerprint density at radius 3 is 2.04 bits per heavy atom. The third-order valence-corrected chi connectivity index (χ3v) is 3.28. The topological polar surface area (TPSA) is 161 Å². The Balaban J connectivity index is 0.000000313. The van der Waals surface area contributed by atoms with E-state index in [0.29, 0.717) is 18.2 Å². The molecule has 2 rings (SSSR count). The van der Waals surface area contributed by atoms with Crippen LogP contribution in [0.3, 0.4) is 0 Å². The van der Waals surface area contributed by atoms with Crippen molar-refractivity contribution in [3.05, 3.63) is 64.2 Å². The number of nitrogen functional groups attached to an aromatic ring is 1. The predicted octanol–water partition coefficient (Wildman–Crippen LogP) is 1.81. The molecule has 122 valence electrons. The van der Waals surface area contributed by atoms with Gasteiger partial charge in [-0.25, -0.2) is 4.79 Å². The standard InChI is InChI=1S/C7H5NO7S.C6H7N/c9-7(10)4-1-5(8(11)12)3-6(2-4)16(13,14)15;7-6-4-2-1-3-5-6/h1-3H,(H,9,10)(H,13,14,15);1-5H,7H2. The molecule has 0 spiro atoms. The van der Waals surface area contributed by atoms with Crippen molar-refractivity contribution >= 4 is 27.5 Å². The maximum Gasteiger partial charge on any atom is 0.335 e. The second-order valence-corrected chi connectivity index (χ2v) is 5.59. The normalized spacial score (nSPS) is 10.3. The van der Waals surface area contributed by atoms with Gasteiger partial charge in [0.2, 0.25) is 0 Å². The lowest BCUT2D eigenvalue weighted by molar-refractivity contribution is -0.385. The average molecular weight is 340 g/mol. The van der Waals surface area contributed by atoms with E-state index in [1.807, 2.05) is 30.3 Å². The number of hydrogen-bond donors (Lipinski definition) is 3. The third-order valence-electron chi connectivity index (χ3n) is 2.45. The van der Waals surface area contributed by atoms with E-state index in [0.717, 1.165) is 5.69 Å². The van der Waals surface area contributed by atoms with Crippen LogP contribution in [0.4, 0.5) is 11.4 Å². The van der Waals surface area contributed by atoms with Gasteiger partial charge in [-0.05, 0) is 18.2 Å². The van der Waals surface area contributed by atoms with Crippen molar-refractivity contribution in [2.24, 2.45) is 0 Å². The van der Waals surface area contributed by atoms with Gasteiger partial charge in [-0.2, -0.15) is 8.42 Å². The van der Waals surface area contributed by atoms with Crippen LogP contribution in [0, 0.1) is 10.1 Å². The Hall–Kier alpha value is -2.98. The van der Waals surface area contributed by atoms with Crippen molar-refractivity contribution in [1.82, 2.24) is 0 Å². The molecule has 0 unspecified atom stereocenters. The van der Waals surface area contributed by atoms with Crippen LogP contribution in [0.15, 0.2) is 53.4 Å². The summed E-state index contributed by atoms with van der Waals surface area (Å²) in [4.78, 5) is 19.2. The van der Waals surface area contributed by atoms with Crippen LogP contribution in [0.1, 0.15) is 10.4 Å². The Morgan fingerprint density at radius 2 is 1.70 bits per heavy atom. The van der Waals surface area contributed by atoms with Crippen LogP contribution in [0.5, 0.6) is 0 Å². The summed E-state index contributed by atoms with van der Waals surface area (Å²) < 4.78 is 30.1. The van der Waals surface area contributed by atoms with E-state index in [2.05, 4.69) is 0 Å². The molecule has 0 aliphatic rings. The minimum Gasteiger partial charge on any atom is -0.478 e. The highest BCUT2D eigenvalue weighted by Crippen LogP contribution is 2.20. The predicted molar refractivity (Wildman–Crippen MR) is 80.7 cm³/mol. The molecule has 23 heavy (non-hydrogen) atoms. The number of anilines is 1. The van der Waals surface area contributed by atoms with Crippen molar-refractivity contribution in [2.75, 3.05) is 5.73 Å². The van der Waals surface area contributed by atoms with Crippen molar-refractivity contribution in [1.29, 1.82) is 0 Å². The van der Waals surface area contributed by atoms with Gasteiger partial charge < -0.3 is 10.8 Å². The van der Waals surface area contributed by atoms with Gasteiger partial charge in [0.05, 0.1) is 10.5 Å². The lowest BCUT2D eigenvalue weighted by Crippen LogP contribution is -2.04. The Bertz CT molecular complexity index is 787. The fourth-order valence-corrected chi connectivity index (χ4v) is 1.96. The van der Waals surface area contributed by atoms with Gasteiger partial charge in [-0.1, -0.05) is 18.2 Å². The number of carboxylic acids is 1. The number of nitro groups is 1. The zero-order chi connectivity index (χ0) is 17.6. The summed E-state index contributed by atoms with van der Waals surface area (Å²) in [6, 6.07) is 11.4. The number of aromatic carboxylic acids is 1. The quantitative estimate of drug-likeness (QED) is 0.330. The van der Waals surface area contributed by atoms with E-state index in [1.54, 1.807) is 0 Å². The molecule has 0 bridgehead atoms. The Kier molecular flexibility index (Phi) is 5.76. The van der Waals surface area contributed by atoms with Gasteiger partial charge >= 0.3 is 5.97 Å². The minimum atomic E-state index is -4.68. The van der Waals surface area contributed by atoms with Gasteiger partial charge in [0.1, 0.15) is 4.90 Å². The summed E-state index contributed by atoms with van der Waals surface area (Å²) >= 11 is 0. The van der Waals surface area contributed by atoms with Crippen molar-refractivity contribution in [3.63, 3.8) is 0 Å². The SMILES string of the molecule is Nc1ccccc1.O=C(O)c1cc([N+](=O)[O-])cc(S(=O)(=O)O)c1. The van der Waals surface area contributed by atoms with E-state index in [9.17, 15) is 23.3 Å². The Labute approximate surface area is 130 Å². The number of nitro benzene ring substituents is 1. The molecule has 9 nitrogen and oxygen atoms in total. The average Bonchev–Trinajstić information content (AvgIpc) is 2.47. The largest absolute Gasteiger partial charge is 0.478 e. The molecular weight excluding hydrogens is 328 g/mol. The number of nitrogens with zero attached hydrogens (tertiary/aromatic N) is 1. The molecular formula is C13H12N2O7S. The van der Waals surface area contributed by atoms with Gasteiger partial charge in [-0.3, -0.25) is 14.7 Å². The maximum absolute atomic E-state index is 10.7. The molecule has 0 radical (unpaired) electrons. The van der Waals surface area contributed by atoms with E-state index < -0.39 is 37.2 Å². The lowest BCUT2D eigenvalue weighted by atomic mass is 10.2. The molecule has 0 atom stereocenters. The van der Waals surface area contributed by atoms with Gasteiger partial charge in [-0.15, -0.1) is 0 Å². The van der Waals surface area contributed by atoms with Crippen LogP contribution in [-0.2, 0) is 10.1 Å². The van der Waals surface area contributed by atoms with Crippen molar-refractivity contribution < 1.29 is 27.8 Å². The molecule has 0 saturated heterocycles. The molecule has 0 amide bonds. The molecule has 0 saturated carbocycles. The van der Waals surface area contributed by atoms with Crippen molar-refractivity contribution in [3.8, 4) is 0 Å². The number of hydrogen-bond acceptors (Lipinski definition) is 6. The van der Waals surface area contributed by atoms with Gasteiger partial charge in [0.15, 0.2) is 0 Å². The molecule has 10 heteroatoms. The first-order chi connectivity index (χ1) is 10.6. The summed E-state index contributed by atoms with van der Waals surface area (Å²) in [5, 5.41) is 19.0. The highest BCUT2D eigenvalue weighted by atomic mass is 32.2. The van der Waals surface area contributed by atoms with Crippen molar-refractivity contribution in [2.45, 2.75) is 4.90 Å². The fraction of sp³-hybridized carbons (Fsp3) is 0. The van der Waals surface area contributed by atoms with Crippen LogP contribution < -0.4 is 5.73 Å².